The second kappa shape index (κ2) is 5.04. The molecule has 1 aliphatic carbocycles. The molecule has 0 aromatic heterocycles. The Morgan fingerprint density at radius 2 is 2.30 bits per heavy atom. The summed E-state index contributed by atoms with van der Waals surface area (Å²) < 4.78 is 18.8. The van der Waals surface area contributed by atoms with Crippen LogP contribution in [0.5, 0.6) is 5.75 Å². The minimum absolute atomic E-state index is 0.112. The van der Waals surface area contributed by atoms with Gasteiger partial charge in [0.1, 0.15) is 17.4 Å². The fraction of sp³-hybridized carbons (Fsp3) is 0.417. The molecule has 3 N–H and O–H groups in total. The Morgan fingerprint density at radius 3 is 2.80 bits per heavy atom. The second-order valence-corrected chi connectivity index (χ2v) is 4.81. The topological polar surface area (TPSA) is 116 Å². The zero-order chi connectivity index (χ0) is 14.9. The lowest BCUT2D eigenvalue weighted by molar-refractivity contribution is -0.387. The molecule has 0 radical (unpaired) electrons. The van der Waals surface area contributed by atoms with Gasteiger partial charge in [0.2, 0.25) is 5.82 Å². The molecule has 20 heavy (non-hydrogen) atoms. The zero-order valence-electron chi connectivity index (χ0n) is 10.4. The van der Waals surface area contributed by atoms with E-state index in [1.807, 2.05) is 0 Å². The Bertz CT molecular complexity index is 565. The number of rotatable bonds is 4. The molecule has 0 spiro atoms. The van der Waals surface area contributed by atoms with Crippen LogP contribution >= 0.6 is 0 Å². The van der Waals surface area contributed by atoms with Gasteiger partial charge < -0.3 is 15.6 Å². The van der Waals surface area contributed by atoms with Crippen molar-refractivity contribution in [2.45, 2.75) is 30.9 Å². The molecule has 2 atom stereocenters. The summed E-state index contributed by atoms with van der Waals surface area (Å²) in [5.74, 6) is -1.98. The predicted molar refractivity (Wildman–Crippen MR) is 65.9 cm³/mol. The first-order valence-electron chi connectivity index (χ1n) is 5.95. The average Bonchev–Trinajstić information content (AvgIpc) is 2.72. The lowest BCUT2D eigenvalue weighted by atomic mass is 10.00. The Kier molecular flexibility index (Phi) is 3.58. The normalized spacial score (nSPS) is 25.4. The van der Waals surface area contributed by atoms with Gasteiger partial charge in [-0.1, -0.05) is 0 Å². The Hall–Kier alpha value is -2.22. The predicted octanol–water partition coefficient (Wildman–Crippen LogP) is 1.45. The van der Waals surface area contributed by atoms with Gasteiger partial charge in [0.15, 0.2) is 0 Å². The van der Waals surface area contributed by atoms with E-state index in [1.54, 1.807) is 0 Å². The first-order chi connectivity index (χ1) is 9.32. The third-order valence-electron chi connectivity index (χ3n) is 3.35. The summed E-state index contributed by atoms with van der Waals surface area (Å²) >= 11 is 0. The Labute approximate surface area is 113 Å². The third kappa shape index (κ3) is 2.69. The number of carbonyl (C=O) groups is 1. The molecule has 0 amide bonds. The van der Waals surface area contributed by atoms with Crippen molar-refractivity contribution in [2.24, 2.45) is 5.73 Å². The maximum absolute atomic E-state index is 13.4. The SMILES string of the molecule is NC1(C(=O)O)CCC(Oc2ccc([N+](=O)[O-])c(F)c2)C1. The van der Waals surface area contributed by atoms with E-state index >= 15 is 0 Å². The average molecular weight is 284 g/mol. The molecule has 7 nitrogen and oxygen atoms in total. The minimum atomic E-state index is -1.33. The number of benzene rings is 1. The molecule has 1 saturated carbocycles. The van der Waals surface area contributed by atoms with E-state index in [1.165, 1.54) is 6.07 Å². The molecule has 108 valence electrons. The van der Waals surface area contributed by atoms with Crippen molar-refractivity contribution in [2.75, 3.05) is 0 Å². The molecule has 0 bridgehead atoms. The van der Waals surface area contributed by atoms with Crippen LogP contribution in [0.25, 0.3) is 0 Å². The molecule has 2 unspecified atom stereocenters. The number of nitrogens with two attached hydrogens (primary N) is 1. The van der Waals surface area contributed by atoms with Crippen LogP contribution < -0.4 is 10.5 Å². The molecule has 8 heteroatoms. The fourth-order valence-corrected chi connectivity index (χ4v) is 2.23. The molecule has 1 aliphatic rings. The highest BCUT2D eigenvalue weighted by Gasteiger charge is 2.43. The first kappa shape index (κ1) is 14.2. The molecule has 1 aromatic rings. The van der Waals surface area contributed by atoms with Gasteiger partial charge in [0, 0.05) is 18.6 Å². The van der Waals surface area contributed by atoms with Crippen molar-refractivity contribution in [3.8, 4) is 5.75 Å². The van der Waals surface area contributed by atoms with Crippen LogP contribution in [-0.2, 0) is 4.79 Å². The Balaban J connectivity index is 2.07. The van der Waals surface area contributed by atoms with Crippen molar-refractivity contribution in [3.05, 3.63) is 34.1 Å². The van der Waals surface area contributed by atoms with Crippen LogP contribution in [0.15, 0.2) is 18.2 Å². The summed E-state index contributed by atoms with van der Waals surface area (Å²) in [5.41, 5.74) is 3.73. The van der Waals surface area contributed by atoms with Crippen molar-refractivity contribution in [1.82, 2.24) is 0 Å². The number of carboxylic acids is 1. The van der Waals surface area contributed by atoms with Crippen molar-refractivity contribution in [3.63, 3.8) is 0 Å². The van der Waals surface area contributed by atoms with Crippen molar-refractivity contribution in [1.29, 1.82) is 0 Å². The van der Waals surface area contributed by atoms with Gasteiger partial charge in [-0.15, -0.1) is 0 Å². The van der Waals surface area contributed by atoms with Crippen LogP contribution in [0, 0.1) is 15.9 Å². The van der Waals surface area contributed by atoms with Crippen LogP contribution in [0.2, 0.25) is 0 Å². The van der Waals surface area contributed by atoms with Crippen LogP contribution in [0.4, 0.5) is 10.1 Å². The molecule has 0 saturated heterocycles. The molecule has 2 rings (SSSR count). The standard InChI is InChI=1S/C12H13FN2O5/c13-9-5-7(1-2-10(9)15(18)19)20-8-3-4-12(14,6-8)11(16)17/h1-2,5,8H,3-4,6,14H2,(H,16,17). The monoisotopic (exact) mass is 284 g/mol. The van der Waals surface area contributed by atoms with E-state index in [4.69, 9.17) is 15.6 Å². The largest absolute Gasteiger partial charge is 0.490 e. The highest BCUT2D eigenvalue weighted by molar-refractivity contribution is 5.79. The second-order valence-electron chi connectivity index (χ2n) is 4.81. The number of carboxylic acid groups (broad SMARTS) is 1. The van der Waals surface area contributed by atoms with E-state index in [-0.39, 0.29) is 18.6 Å². The van der Waals surface area contributed by atoms with E-state index < -0.39 is 34.0 Å². The number of hydrogen-bond acceptors (Lipinski definition) is 5. The van der Waals surface area contributed by atoms with Crippen LogP contribution in [-0.4, -0.2) is 27.6 Å². The van der Waals surface area contributed by atoms with Gasteiger partial charge in [-0.2, -0.15) is 4.39 Å². The van der Waals surface area contributed by atoms with E-state index in [2.05, 4.69) is 0 Å². The van der Waals surface area contributed by atoms with Crippen LogP contribution in [0.3, 0.4) is 0 Å². The van der Waals surface area contributed by atoms with Gasteiger partial charge in [0.05, 0.1) is 4.92 Å². The quantitative estimate of drug-likeness (QED) is 0.638. The van der Waals surface area contributed by atoms with Crippen molar-refractivity contribution < 1.29 is 24.0 Å². The van der Waals surface area contributed by atoms with Gasteiger partial charge in [-0.25, -0.2) is 0 Å². The van der Waals surface area contributed by atoms with E-state index in [9.17, 15) is 19.3 Å². The minimum Gasteiger partial charge on any atom is -0.490 e. The number of aliphatic carboxylic acids is 1. The Morgan fingerprint density at radius 1 is 1.60 bits per heavy atom. The van der Waals surface area contributed by atoms with Crippen LogP contribution in [0.1, 0.15) is 19.3 Å². The molecule has 1 aromatic carbocycles. The molecule has 0 heterocycles. The fourth-order valence-electron chi connectivity index (χ4n) is 2.23. The number of hydrogen-bond donors (Lipinski definition) is 2. The number of halogens is 1. The van der Waals surface area contributed by atoms with Gasteiger partial charge >= 0.3 is 11.7 Å². The summed E-state index contributed by atoms with van der Waals surface area (Å²) in [7, 11) is 0. The maximum Gasteiger partial charge on any atom is 0.323 e. The summed E-state index contributed by atoms with van der Waals surface area (Å²) in [6, 6.07) is 3.19. The lowest BCUT2D eigenvalue weighted by Gasteiger charge is -2.18. The van der Waals surface area contributed by atoms with E-state index in [0.717, 1.165) is 12.1 Å². The smallest absolute Gasteiger partial charge is 0.323 e. The van der Waals surface area contributed by atoms with Crippen molar-refractivity contribution >= 4 is 11.7 Å². The highest BCUT2D eigenvalue weighted by Crippen LogP contribution is 2.32. The van der Waals surface area contributed by atoms with Gasteiger partial charge in [-0.3, -0.25) is 14.9 Å². The number of nitro benzene ring substituents is 1. The summed E-state index contributed by atoms with van der Waals surface area (Å²) in [5, 5.41) is 19.5. The molecule has 1 fully saturated rings. The van der Waals surface area contributed by atoms with E-state index in [0.29, 0.717) is 6.42 Å². The summed E-state index contributed by atoms with van der Waals surface area (Å²) in [6.07, 6.45) is 0.363. The summed E-state index contributed by atoms with van der Waals surface area (Å²) in [4.78, 5) is 20.6. The third-order valence-corrected chi connectivity index (χ3v) is 3.35. The van der Waals surface area contributed by atoms with Gasteiger partial charge in [-0.05, 0) is 18.9 Å². The number of ether oxygens (including phenoxy) is 1. The maximum atomic E-state index is 13.4. The summed E-state index contributed by atoms with van der Waals surface area (Å²) in [6.45, 7) is 0. The number of nitro groups is 1. The molecular weight excluding hydrogens is 271 g/mol. The van der Waals surface area contributed by atoms with Gasteiger partial charge in [0.25, 0.3) is 0 Å². The first-order valence-corrected chi connectivity index (χ1v) is 5.95. The zero-order valence-corrected chi connectivity index (χ0v) is 10.4. The number of nitrogens with zero attached hydrogens (tertiary/aromatic N) is 1. The molecular formula is C12H13FN2O5. The highest BCUT2D eigenvalue weighted by atomic mass is 19.1. The lowest BCUT2D eigenvalue weighted by Crippen LogP contribution is -2.46. The molecule has 0 aliphatic heterocycles.